The zero-order valence-corrected chi connectivity index (χ0v) is 32.9. The highest BCUT2D eigenvalue weighted by molar-refractivity contribution is 6.14. The summed E-state index contributed by atoms with van der Waals surface area (Å²) in [5, 5.41) is 5.12. The average molecular weight is 750 g/mol. The van der Waals surface area contributed by atoms with E-state index in [4.69, 9.17) is 15.0 Å². The third-order valence-electron chi connectivity index (χ3n) is 14.2. The van der Waals surface area contributed by atoms with Gasteiger partial charge in [0, 0.05) is 40.6 Å². The largest absolute Gasteiger partial charge is 0.274 e. The smallest absolute Gasteiger partial charge is 0.103 e. The maximum Gasteiger partial charge on any atom is 0.103 e. The van der Waals surface area contributed by atoms with Gasteiger partial charge in [0.1, 0.15) is 6.04 Å². The van der Waals surface area contributed by atoms with Gasteiger partial charge in [-0.15, -0.1) is 0 Å². The second-order valence-electron chi connectivity index (χ2n) is 17.4. The zero-order chi connectivity index (χ0) is 38.2. The van der Waals surface area contributed by atoms with Gasteiger partial charge in [0.2, 0.25) is 0 Å². The van der Waals surface area contributed by atoms with Crippen LogP contribution in [0.5, 0.6) is 0 Å². The highest BCUT2D eigenvalue weighted by Gasteiger charge is 2.42. The number of nitrogens with zero attached hydrogens (tertiary/aromatic N) is 3. The average Bonchev–Trinajstić information content (AvgIpc) is 3.30. The summed E-state index contributed by atoms with van der Waals surface area (Å²) in [5.41, 5.74) is 17.2. The molecular weight excluding hydrogens is 703 g/mol. The molecule has 58 heavy (non-hydrogen) atoms. The van der Waals surface area contributed by atoms with E-state index < -0.39 is 0 Å². The SMILES string of the molecule is C1=CCCC(C2=NC3=C(C=CC4C=CC(c5ccc6c(ccc7ccc(C8=CC=C(C9=NC%10=CC=CCC%10C%10C%11=C(C=CC9%10)CCC=C%11)CC8)cc76)c5)=NC34)CC2)=C1. The quantitative estimate of drug-likeness (QED) is 0.238. The van der Waals surface area contributed by atoms with E-state index in [-0.39, 0.29) is 12.0 Å². The van der Waals surface area contributed by atoms with Crippen LogP contribution < -0.4 is 0 Å². The highest BCUT2D eigenvalue weighted by Crippen LogP contribution is 2.49. The Morgan fingerprint density at radius 2 is 1.41 bits per heavy atom. The summed E-state index contributed by atoms with van der Waals surface area (Å²) in [6.07, 6.45) is 46.9. The predicted molar refractivity (Wildman–Crippen MR) is 243 cm³/mol. The zero-order valence-electron chi connectivity index (χ0n) is 32.9. The van der Waals surface area contributed by atoms with Gasteiger partial charge in [0.25, 0.3) is 0 Å². The first kappa shape index (κ1) is 34.1. The van der Waals surface area contributed by atoms with Crippen LogP contribution >= 0.6 is 0 Å². The minimum Gasteiger partial charge on any atom is -0.274 e. The number of dihydropyridines is 1. The van der Waals surface area contributed by atoms with Crippen LogP contribution in [-0.2, 0) is 0 Å². The number of aliphatic imine (C=N–C) groups is 3. The van der Waals surface area contributed by atoms with Crippen molar-refractivity contribution in [1.82, 2.24) is 0 Å². The Labute approximate surface area is 341 Å². The molecule has 0 spiro atoms. The van der Waals surface area contributed by atoms with Gasteiger partial charge in [-0.25, -0.2) is 0 Å². The van der Waals surface area contributed by atoms with Gasteiger partial charge in [-0.1, -0.05) is 121 Å². The molecule has 3 aliphatic heterocycles. The monoisotopic (exact) mass is 749 g/mol. The first-order valence-corrected chi connectivity index (χ1v) is 21.7. The molecule has 12 rings (SSSR count). The molecule has 3 aromatic carbocycles. The first-order valence-electron chi connectivity index (χ1n) is 21.7. The van der Waals surface area contributed by atoms with E-state index in [1.807, 2.05) is 0 Å². The van der Waals surface area contributed by atoms with Crippen LogP contribution in [0.4, 0.5) is 0 Å². The van der Waals surface area contributed by atoms with Crippen LogP contribution in [0.2, 0.25) is 0 Å². The van der Waals surface area contributed by atoms with Gasteiger partial charge in [-0.05, 0) is 143 Å². The van der Waals surface area contributed by atoms with Gasteiger partial charge in [-0.2, -0.15) is 0 Å². The van der Waals surface area contributed by atoms with Crippen molar-refractivity contribution in [2.45, 2.75) is 63.8 Å². The molecule has 5 atom stereocenters. The standard InChI is InChI=1S/C55H47N3/c1-2-9-37(10-3-1)49-30-26-39-20-21-40-27-31-50(57-55(40)54(39)56-49)43-25-28-44-42(32-43)23-17-36-16-22-41(33-48(36)44)34-14-18-38(19-15-34)53-47-29-24-35-8-4-5-11-45(35)52(47)46-12-6-7-13-51(46)58-53/h1-2,5-7,9,11,13-14,16-18,20-25,27-29,31-33,40,46-47,52,55H,3-4,8,10,12,15,19,26,30H2. The maximum atomic E-state index is 5.43. The molecule has 3 nitrogen and oxygen atoms in total. The Morgan fingerprint density at radius 3 is 2.34 bits per heavy atom. The second-order valence-corrected chi connectivity index (χ2v) is 17.4. The molecule has 0 aromatic heterocycles. The van der Waals surface area contributed by atoms with Gasteiger partial charge in [0.05, 0.1) is 17.1 Å². The molecule has 3 aromatic rings. The van der Waals surface area contributed by atoms with Crippen molar-refractivity contribution >= 4 is 44.3 Å². The lowest BCUT2D eigenvalue weighted by Gasteiger charge is -2.43. The molecule has 0 amide bonds. The third kappa shape index (κ3) is 5.73. The van der Waals surface area contributed by atoms with Crippen LogP contribution in [0, 0.1) is 23.7 Å². The molecule has 0 fully saturated rings. The van der Waals surface area contributed by atoms with Crippen molar-refractivity contribution in [3.05, 3.63) is 196 Å². The minimum absolute atomic E-state index is 0.0340. The Balaban J connectivity index is 0.844. The van der Waals surface area contributed by atoms with E-state index in [0.717, 1.165) is 63.5 Å². The molecule has 5 unspecified atom stereocenters. The fourth-order valence-electron chi connectivity index (χ4n) is 11.1. The molecule has 9 aliphatic rings. The van der Waals surface area contributed by atoms with Crippen molar-refractivity contribution < 1.29 is 0 Å². The van der Waals surface area contributed by atoms with Gasteiger partial charge in [0.15, 0.2) is 0 Å². The van der Waals surface area contributed by atoms with E-state index in [0.29, 0.717) is 17.8 Å². The van der Waals surface area contributed by atoms with E-state index in [9.17, 15) is 0 Å². The number of hydrogen-bond acceptors (Lipinski definition) is 3. The Bertz CT molecular complexity index is 2820. The number of allylic oxidation sites excluding steroid dienone is 21. The molecule has 0 N–H and O–H groups in total. The van der Waals surface area contributed by atoms with Crippen LogP contribution in [-0.4, -0.2) is 23.2 Å². The van der Waals surface area contributed by atoms with E-state index in [2.05, 4.69) is 146 Å². The van der Waals surface area contributed by atoms with Crippen molar-refractivity contribution in [1.29, 1.82) is 0 Å². The van der Waals surface area contributed by atoms with Gasteiger partial charge in [-0.3, -0.25) is 15.0 Å². The fourth-order valence-corrected chi connectivity index (χ4v) is 11.1. The molecule has 0 radical (unpaired) electrons. The van der Waals surface area contributed by atoms with Gasteiger partial charge < -0.3 is 0 Å². The van der Waals surface area contributed by atoms with Crippen molar-refractivity contribution in [3.8, 4) is 0 Å². The number of hydrogen-bond donors (Lipinski definition) is 0. The summed E-state index contributed by atoms with van der Waals surface area (Å²) in [6.45, 7) is 0. The summed E-state index contributed by atoms with van der Waals surface area (Å²) in [5.74, 6) is 1.55. The summed E-state index contributed by atoms with van der Waals surface area (Å²) in [7, 11) is 0. The first-order chi connectivity index (χ1) is 28.7. The van der Waals surface area contributed by atoms with E-state index >= 15 is 0 Å². The Kier molecular flexibility index (Phi) is 8.17. The van der Waals surface area contributed by atoms with Crippen LogP contribution in [0.3, 0.4) is 0 Å². The molecule has 6 aliphatic carbocycles. The van der Waals surface area contributed by atoms with Crippen LogP contribution in [0.1, 0.15) is 68.9 Å². The molecular formula is C55H47N3. The molecule has 0 saturated heterocycles. The fraction of sp³-hybridized carbons (Fsp3) is 0.255. The summed E-state index contributed by atoms with van der Waals surface area (Å²) in [6, 6.07) is 18.6. The minimum atomic E-state index is 0.0340. The van der Waals surface area contributed by atoms with Crippen LogP contribution in [0.15, 0.2) is 200 Å². The predicted octanol–water partition coefficient (Wildman–Crippen LogP) is 13.1. The number of rotatable bonds is 4. The number of fused-ring (bicyclic) bond motifs is 9. The third-order valence-corrected chi connectivity index (χ3v) is 14.2. The van der Waals surface area contributed by atoms with Crippen molar-refractivity contribution in [3.63, 3.8) is 0 Å². The summed E-state index contributed by atoms with van der Waals surface area (Å²) in [4.78, 5) is 16.2. The Hall–Kier alpha value is -5.93. The van der Waals surface area contributed by atoms with E-state index in [1.165, 1.54) is 77.8 Å². The topological polar surface area (TPSA) is 37.1 Å². The summed E-state index contributed by atoms with van der Waals surface area (Å²) >= 11 is 0. The van der Waals surface area contributed by atoms with Crippen molar-refractivity contribution in [2.75, 3.05) is 0 Å². The Morgan fingerprint density at radius 1 is 0.569 bits per heavy atom. The van der Waals surface area contributed by atoms with Gasteiger partial charge >= 0.3 is 0 Å². The maximum absolute atomic E-state index is 5.43. The lowest BCUT2D eigenvalue weighted by Crippen LogP contribution is -2.38. The highest BCUT2D eigenvalue weighted by atomic mass is 14.9. The molecule has 3 heterocycles. The number of benzene rings is 3. The second kappa shape index (κ2) is 13.9. The molecule has 3 heteroatoms. The molecule has 0 saturated carbocycles. The normalized spacial score (nSPS) is 28.1. The summed E-state index contributed by atoms with van der Waals surface area (Å²) < 4.78 is 0. The lowest BCUT2D eigenvalue weighted by atomic mass is 9.63. The molecule has 0 bridgehead atoms. The van der Waals surface area contributed by atoms with E-state index in [1.54, 1.807) is 11.1 Å². The van der Waals surface area contributed by atoms with Crippen molar-refractivity contribution in [2.24, 2.45) is 38.6 Å². The van der Waals surface area contributed by atoms with Crippen LogP contribution in [0.25, 0.3) is 27.1 Å². The lowest BCUT2D eigenvalue weighted by molar-refractivity contribution is 0.375. The molecule has 282 valence electrons.